The second kappa shape index (κ2) is 5.27. The number of hydrogen-bond acceptors (Lipinski definition) is 3. The van der Waals surface area contributed by atoms with E-state index in [4.69, 9.17) is 0 Å². The highest BCUT2D eigenvalue weighted by Crippen LogP contribution is 2.15. The summed E-state index contributed by atoms with van der Waals surface area (Å²) in [5.41, 5.74) is 4.47. The van der Waals surface area contributed by atoms with Crippen molar-refractivity contribution in [3.63, 3.8) is 0 Å². The largest absolute Gasteiger partial charge is 0.333 e. The Kier molecular flexibility index (Phi) is 4.02. The zero-order chi connectivity index (χ0) is 12.1. The molecule has 0 unspecified atom stereocenters. The molecule has 0 aliphatic rings. The van der Waals surface area contributed by atoms with Crippen molar-refractivity contribution in [2.24, 2.45) is 0 Å². The van der Waals surface area contributed by atoms with Crippen molar-refractivity contribution in [1.82, 2.24) is 5.48 Å². The van der Waals surface area contributed by atoms with Gasteiger partial charge in [0.2, 0.25) is 0 Å². The average Bonchev–Trinajstić information content (AvgIpc) is 2.23. The molecule has 16 heavy (non-hydrogen) atoms. The molecule has 1 aromatic carbocycles. The molecule has 0 heterocycles. The quantitative estimate of drug-likeness (QED) is 0.577. The van der Waals surface area contributed by atoms with Gasteiger partial charge in [0.05, 0.1) is 7.11 Å². The van der Waals surface area contributed by atoms with Crippen LogP contribution in [-0.4, -0.2) is 18.9 Å². The Bertz CT molecular complexity index is 416. The van der Waals surface area contributed by atoms with Crippen molar-refractivity contribution in [1.29, 1.82) is 0 Å². The summed E-state index contributed by atoms with van der Waals surface area (Å²) in [4.78, 5) is 26.8. The Morgan fingerprint density at radius 1 is 1.19 bits per heavy atom. The van der Waals surface area contributed by atoms with Crippen LogP contribution in [0.5, 0.6) is 0 Å². The normalized spacial score (nSPS) is 9.69. The summed E-state index contributed by atoms with van der Waals surface area (Å²) in [7, 11) is 1.27. The monoisotopic (exact) mass is 222 g/mol. The maximum atomic E-state index is 11.4. The number of nitrogens with one attached hydrogen (secondary N) is 2. The molecule has 0 aliphatic heterocycles. The molecule has 2 N–H and O–H groups in total. The van der Waals surface area contributed by atoms with E-state index in [0.29, 0.717) is 5.69 Å². The number of carbonyl (C=O) groups is 2. The first kappa shape index (κ1) is 12.2. The summed E-state index contributed by atoms with van der Waals surface area (Å²) in [5, 5.41) is 2.50. The minimum atomic E-state index is -0.830. The zero-order valence-electron chi connectivity index (χ0n) is 9.46. The van der Waals surface area contributed by atoms with Gasteiger partial charge in [-0.15, -0.1) is 0 Å². The van der Waals surface area contributed by atoms with Crippen molar-refractivity contribution in [2.45, 2.75) is 13.8 Å². The van der Waals surface area contributed by atoms with Crippen molar-refractivity contribution < 1.29 is 14.4 Å². The summed E-state index contributed by atoms with van der Waals surface area (Å²) in [6.07, 6.45) is 0. The Labute approximate surface area is 93.7 Å². The van der Waals surface area contributed by atoms with E-state index >= 15 is 0 Å². The van der Waals surface area contributed by atoms with Gasteiger partial charge in [-0.25, -0.2) is 5.48 Å². The molecule has 0 aromatic heterocycles. The van der Waals surface area contributed by atoms with Gasteiger partial charge in [0.1, 0.15) is 0 Å². The van der Waals surface area contributed by atoms with Crippen molar-refractivity contribution in [2.75, 3.05) is 12.4 Å². The van der Waals surface area contributed by atoms with Crippen LogP contribution in [0.15, 0.2) is 18.2 Å². The first-order valence-electron chi connectivity index (χ1n) is 4.76. The minimum Gasteiger partial charge on any atom is -0.317 e. The molecular formula is C11H14N2O3. The predicted molar refractivity (Wildman–Crippen MR) is 59.7 cm³/mol. The number of amides is 2. The number of aryl methyl sites for hydroxylation is 2. The molecular weight excluding hydrogens is 208 g/mol. The molecule has 1 rings (SSSR count). The topological polar surface area (TPSA) is 67.4 Å². The van der Waals surface area contributed by atoms with E-state index in [1.165, 1.54) is 7.11 Å². The van der Waals surface area contributed by atoms with E-state index in [1.54, 1.807) is 6.07 Å². The van der Waals surface area contributed by atoms with E-state index in [2.05, 4.69) is 10.2 Å². The van der Waals surface area contributed by atoms with Gasteiger partial charge in [-0.2, -0.15) is 0 Å². The molecule has 0 fully saturated rings. The number of hydroxylamine groups is 1. The molecule has 0 bridgehead atoms. The lowest BCUT2D eigenvalue weighted by atomic mass is 10.1. The molecule has 0 saturated carbocycles. The molecule has 5 heteroatoms. The Morgan fingerprint density at radius 2 is 1.88 bits per heavy atom. The second-order valence-corrected chi connectivity index (χ2v) is 3.41. The highest BCUT2D eigenvalue weighted by Gasteiger charge is 2.13. The summed E-state index contributed by atoms with van der Waals surface area (Å²) in [5.74, 6) is -1.58. The lowest BCUT2D eigenvalue weighted by Gasteiger charge is -2.08. The number of anilines is 1. The summed E-state index contributed by atoms with van der Waals surface area (Å²) < 4.78 is 0. The number of carbonyl (C=O) groups excluding carboxylic acids is 2. The van der Waals surface area contributed by atoms with Crippen LogP contribution in [0.25, 0.3) is 0 Å². The van der Waals surface area contributed by atoms with Gasteiger partial charge in [-0.1, -0.05) is 12.1 Å². The van der Waals surface area contributed by atoms with Crippen LogP contribution in [-0.2, 0) is 14.4 Å². The van der Waals surface area contributed by atoms with Crippen molar-refractivity contribution in [3.05, 3.63) is 29.3 Å². The number of rotatable bonds is 2. The van der Waals surface area contributed by atoms with Crippen LogP contribution in [0.2, 0.25) is 0 Å². The van der Waals surface area contributed by atoms with Crippen LogP contribution in [0.1, 0.15) is 11.1 Å². The number of hydrogen-bond donors (Lipinski definition) is 2. The molecule has 0 spiro atoms. The minimum absolute atomic E-state index is 0.622. The molecule has 0 saturated heterocycles. The highest BCUT2D eigenvalue weighted by molar-refractivity contribution is 6.39. The maximum absolute atomic E-state index is 11.4. The molecule has 0 radical (unpaired) electrons. The first-order valence-corrected chi connectivity index (χ1v) is 4.76. The van der Waals surface area contributed by atoms with Crippen molar-refractivity contribution in [3.8, 4) is 0 Å². The van der Waals surface area contributed by atoms with Crippen molar-refractivity contribution >= 4 is 17.5 Å². The van der Waals surface area contributed by atoms with Gasteiger partial charge >= 0.3 is 11.8 Å². The number of benzene rings is 1. The highest BCUT2D eigenvalue weighted by atomic mass is 16.6. The van der Waals surface area contributed by atoms with Crippen LogP contribution in [0.4, 0.5) is 5.69 Å². The molecule has 86 valence electrons. The fraction of sp³-hybridized carbons (Fsp3) is 0.273. The second-order valence-electron chi connectivity index (χ2n) is 3.41. The Balaban J connectivity index is 2.76. The molecule has 1 aromatic rings. The van der Waals surface area contributed by atoms with Crippen LogP contribution in [0, 0.1) is 13.8 Å². The third-order valence-electron chi connectivity index (χ3n) is 2.04. The van der Waals surface area contributed by atoms with Gasteiger partial charge in [0.25, 0.3) is 0 Å². The molecule has 0 aliphatic carbocycles. The first-order chi connectivity index (χ1) is 7.54. The van der Waals surface area contributed by atoms with Crippen LogP contribution < -0.4 is 10.8 Å². The fourth-order valence-electron chi connectivity index (χ4n) is 1.19. The SMILES string of the molecule is CONC(=O)C(=O)Nc1cc(C)ccc1C. The van der Waals surface area contributed by atoms with E-state index in [9.17, 15) is 9.59 Å². The smallest absolute Gasteiger partial charge is 0.317 e. The van der Waals surface area contributed by atoms with E-state index in [1.807, 2.05) is 31.5 Å². The van der Waals surface area contributed by atoms with E-state index in [0.717, 1.165) is 11.1 Å². The average molecular weight is 222 g/mol. The van der Waals surface area contributed by atoms with Gasteiger partial charge in [-0.05, 0) is 31.0 Å². The van der Waals surface area contributed by atoms with Crippen LogP contribution in [0.3, 0.4) is 0 Å². The maximum Gasteiger partial charge on any atom is 0.333 e. The summed E-state index contributed by atoms with van der Waals surface area (Å²) in [6.45, 7) is 3.76. The Morgan fingerprint density at radius 3 is 2.50 bits per heavy atom. The van der Waals surface area contributed by atoms with Gasteiger partial charge in [-0.3, -0.25) is 14.4 Å². The molecule has 0 atom stereocenters. The molecule has 2 amide bonds. The lowest BCUT2D eigenvalue weighted by molar-refractivity contribution is -0.142. The van der Waals surface area contributed by atoms with Gasteiger partial charge < -0.3 is 5.32 Å². The fourth-order valence-corrected chi connectivity index (χ4v) is 1.19. The molecule has 5 nitrogen and oxygen atoms in total. The lowest BCUT2D eigenvalue weighted by Crippen LogP contribution is -2.34. The third kappa shape index (κ3) is 3.06. The standard InChI is InChI=1S/C11H14N2O3/c1-7-4-5-8(2)9(6-7)12-10(14)11(15)13-16-3/h4-6H,1-3H3,(H,12,14)(H,13,15). The van der Waals surface area contributed by atoms with E-state index in [-0.39, 0.29) is 0 Å². The zero-order valence-corrected chi connectivity index (χ0v) is 9.46. The predicted octanol–water partition coefficient (Wildman–Crippen LogP) is 0.920. The van der Waals surface area contributed by atoms with Gasteiger partial charge in [0.15, 0.2) is 0 Å². The summed E-state index contributed by atoms with van der Waals surface area (Å²) in [6, 6.07) is 5.60. The third-order valence-corrected chi connectivity index (χ3v) is 2.04. The van der Waals surface area contributed by atoms with Gasteiger partial charge in [0, 0.05) is 5.69 Å². The van der Waals surface area contributed by atoms with Crippen LogP contribution >= 0.6 is 0 Å². The Hall–Kier alpha value is -1.88. The van der Waals surface area contributed by atoms with E-state index < -0.39 is 11.8 Å². The summed E-state index contributed by atoms with van der Waals surface area (Å²) >= 11 is 0.